The molecule has 17 nitrogen and oxygen atoms in total. The summed E-state index contributed by atoms with van der Waals surface area (Å²) in [5, 5.41) is 11.1. The van der Waals surface area contributed by atoms with Gasteiger partial charge in [0.05, 0.1) is 0 Å². The number of ether oxygens (including phenoxy) is 4. The number of esters is 4. The van der Waals surface area contributed by atoms with Crippen molar-refractivity contribution in [2.45, 2.75) is 162 Å². The third kappa shape index (κ3) is 17.4. The first-order valence-electron chi connectivity index (χ1n) is 26.7. The lowest BCUT2D eigenvalue weighted by atomic mass is 9.97. The van der Waals surface area contributed by atoms with E-state index in [-0.39, 0.29) is 73.3 Å². The highest BCUT2D eigenvalue weighted by Gasteiger charge is 2.43. The zero-order valence-electron chi connectivity index (χ0n) is 47.6. The molecule has 1 saturated heterocycles. The average Bonchev–Trinajstić information content (AvgIpc) is 3.40. The van der Waals surface area contributed by atoms with Crippen LogP contribution >= 0.6 is 0 Å². The molecule has 1 aliphatic heterocycles. The zero-order valence-corrected chi connectivity index (χ0v) is 47.6. The van der Waals surface area contributed by atoms with Crippen LogP contribution in [0.1, 0.15) is 123 Å². The highest BCUT2D eigenvalue weighted by atomic mass is 19.2. The number of benzene rings is 3. The lowest BCUT2D eigenvalue weighted by molar-refractivity contribution is -0.176. The van der Waals surface area contributed by atoms with E-state index in [0.29, 0.717) is 11.1 Å². The van der Waals surface area contributed by atoms with Gasteiger partial charge < -0.3 is 43.7 Å². The molecule has 0 aliphatic carbocycles. The first-order valence-corrected chi connectivity index (χ1v) is 26.7. The van der Waals surface area contributed by atoms with Gasteiger partial charge in [-0.25, -0.2) is 28.0 Å². The van der Waals surface area contributed by atoms with E-state index in [4.69, 9.17) is 18.9 Å². The Hall–Kier alpha value is -6.76. The SMILES string of the molecule is CC(C)C[C@H]1C(=O)O[C@H](Cc2ccc(C(O)c3ccc(F)c(F)c3)cc2)C(=O)N(C)[C@@H](CC(C)C)C(=O)O[C@H](C)C(=O)N(C)[C@@H](CC(C)C)C(=O)O[C@H](Cc2ccccc2)C(=O)N(C)[C@@H](CC(C)C)C(=O)O[C@H](C)C(=O)N1C. The first kappa shape index (κ1) is 63.8. The molecule has 1 heterocycles. The molecule has 1 unspecified atom stereocenters. The summed E-state index contributed by atoms with van der Waals surface area (Å²) >= 11 is 0. The van der Waals surface area contributed by atoms with Gasteiger partial charge in [0.2, 0.25) is 0 Å². The van der Waals surface area contributed by atoms with Gasteiger partial charge in [-0.15, -0.1) is 0 Å². The van der Waals surface area contributed by atoms with Crippen molar-refractivity contribution in [2.75, 3.05) is 28.2 Å². The minimum Gasteiger partial charge on any atom is -0.451 e. The van der Waals surface area contributed by atoms with Crippen molar-refractivity contribution in [3.8, 4) is 0 Å². The van der Waals surface area contributed by atoms with Crippen molar-refractivity contribution < 1.29 is 71.2 Å². The second-order valence-corrected chi connectivity index (χ2v) is 22.1. The van der Waals surface area contributed by atoms with Crippen LogP contribution < -0.4 is 0 Å². The van der Waals surface area contributed by atoms with Gasteiger partial charge in [-0.05, 0) is 97.6 Å². The van der Waals surface area contributed by atoms with Crippen molar-refractivity contribution in [3.63, 3.8) is 0 Å². The average molecular weight is 1090 g/mol. The number of carbonyl (C=O) groups excluding carboxylic acids is 8. The molecule has 0 aromatic heterocycles. The molecule has 4 amide bonds. The van der Waals surface area contributed by atoms with E-state index in [9.17, 15) is 52.2 Å². The van der Waals surface area contributed by atoms with Gasteiger partial charge in [0.25, 0.3) is 23.6 Å². The summed E-state index contributed by atoms with van der Waals surface area (Å²) in [5.41, 5.74) is 1.38. The number of amides is 4. The van der Waals surface area contributed by atoms with Crippen LogP contribution in [0, 0.1) is 35.3 Å². The molecule has 0 spiro atoms. The molecule has 428 valence electrons. The van der Waals surface area contributed by atoms with Crippen molar-refractivity contribution >= 4 is 47.5 Å². The van der Waals surface area contributed by atoms with Gasteiger partial charge >= 0.3 is 23.9 Å². The lowest BCUT2D eigenvalue weighted by Crippen LogP contribution is -2.55. The molecule has 9 atom stereocenters. The highest BCUT2D eigenvalue weighted by Crippen LogP contribution is 2.27. The number of rotatable bonds is 14. The number of carbonyl (C=O) groups is 8. The summed E-state index contributed by atoms with van der Waals surface area (Å²) in [7, 11) is 5.37. The predicted molar refractivity (Wildman–Crippen MR) is 286 cm³/mol. The van der Waals surface area contributed by atoms with Gasteiger partial charge in [-0.2, -0.15) is 0 Å². The van der Waals surface area contributed by atoms with Crippen LogP contribution in [0.5, 0.6) is 0 Å². The van der Waals surface area contributed by atoms with E-state index < -0.39 is 114 Å². The topological polar surface area (TPSA) is 207 Å². The molecule has 4 rings (SSSR count). The monoisotopic (exact) mass is 1090 g/mol. The van der Waals surface area contributed by atoms with E-state index >= 15 is 0 Å². The molecule has 19 heteroatoms. The maximum atomic E-state index is 14.9. The molecule has 1 N–H and O–H groups in total. The summed E-state index contributed by atoms with van der Waals surface area (Å²) in [4.78, 5) is 121. The van der Waals surface area contributed by atoms with E-state index in [1.807, 2.05) is 27.7 Å². The quantitative estimate of drug-likeness (QED) is 0.127. The van der Waals surface area contributed by atoms with Crippen LogP contribution in [-0.2, 0) is 70.1 Å². The molecule has 0 bridgehead atoms. The van der Waals surface area contributed by atoms with Gasteiger partial charge in [0.15, 0.2) is 36.1 Å². The van der Waals surface area contributed by atoms with Crippen LogP contribution in [0.4, 0.5) is 8.78 Å². The minimum absolute atomic E-state index is 0.0183. The van der Waals surface area contributed by atoms with E-state index in [2.05, 4.69) is 0 Å². The standard InChI is InChI=1S/C59H80F2N4O13/c1-33(2)26-45-56(71)75-38(10)53(68)63(12)48(29-36(7)8)59(74)78-50(31-40-20-22-41(23-21-40)51(66)42-24-25-43(60)44(61)32-42)55(70)65(14)46(27-34(3)4)57(72)76-37(9)52(67)62(11)47(28-35(5)6)58(73)77-49(54(69)64(45)13)30-39-18-16-15-17-19-39/h15-25,32-38,45-51,66H,26-31H2,1-14H3/t37-,38-,45+,46+,47+,48+,49-,50-,51?/m1/s1. The van der Waals surface area contributed by atoms with Crippen LogP contribution in [0.25, 0.3) is 0 Å². The largest absolute Gasteiger partial charge is 0.451 e. The summed E-state index contributed by atoms with van der Waals surface area (Å²) in [5.74, 6) is -10.2. The number of cyclic esters (lactones) is 4. The number of hydrogen-bond donors (Lipinski definition) is 1. The van der Waals surface area contributed by atoms with E-state index in [0.717, 1.165) is 31.7 Å². The van der Waals surface area contributed by atoms with E-state index in [1.54, 1.807) is 58.0 Å². The number of aliphatic hydroxyl groups is 1. The fraction of sp³-hybridized carbons (Fsp3) is 0.559. The summed E-state index contributed by atoms with van der Waals surface area (Å²) in [6, 6.07) is 12.5. The molecule has 0 radical (unpaired) electrons. The second kappa shape index (κ2) is 28.7. The van der Waals surface area contributed by atoms with Crippen molar-refractivity contribution in [1.82, 2.24) is 19.6 Å². The van der Waals surface area contributed by atoms with Gasteiger partial charge in [-0.3, -0.25) is 19.2 Å². The molecule has 1 aliphatic rings. The molecule has 3 aromatic carbocycles. The molecule has 0 saturated carbocycles. The smallest absolute Gasteiger partial charge is 0.329 e. The van der Waals surface area contributed by atoms with Crippen LogP contribution in [0.2, 0.25) is 0 Å². The van der Waals surface area contributed by atoms with Crippen molar-refractivity contribution in [1.29, 1.82) is 0 Å². The molecule has 78 heavy (non-hydrogen) atoms. The molecular formula is C59H80F2N4O13. The van der Waals surface area contributed by atoms with Gasteiger partial charge in [0.1, 0.15) is 30.3 Å². The maximum Gasteiger partial charge on any atom is 0.329 e. The summed E-state index contributed by atoms with van der Waals surface area (Å²) in [6.45, 7) is 17.1. The first-order chi connectivity index (χ1) is 36.5. The van der Waals surface area contributed by atoms with Gasteiger partial charge in [-0.1, -0.05) is 116 Å². The fourth-order valence-corrected chi connectivity index (χ4v) is 9.23. The predicted octanol–water partition coefficient (Wildman–Crippen LogP) is 7.02. The van der Waals surface area contributed by atoms with Crippen LogP contribution in [0.3, 0.4) is 0 Å². The Morgan fingerprint density at radius 1 is 0.436 bits per heavy atom. The number of halogens is 2. The Kier molecular flexibility index (Phi) is 23.5. The number of aliphatic hydroxyl groups excluding tert-OH is 1. The zero-order chi connectivity index (χ0) is 58.5. The molecule has 3 aromatic rings. The number of hydrogen-bond acceptors (Lipinski definition) is 13. The van der Waals surface area contributed by atoms with E-state index in [1.165, 1.54) is 72.4 Å². The van der Waals surface area contributed by atoms with Crippen LogP contribution in [0.15, 0.2) is 72.8 Å². The fourth-order valence-electron chi connectivity index (χ4n) is 9.23. The normalized spacial score (nSPS) is 23.9. The molecular weight excluding hydrogens is 1010 g/mol. The van der Waals surface area contributed by atoms with Gasteiger partial charge in [0, 0.05) is 41.0 Å². The minimum atomic E-state index is -1.67. The van der Waals surface area contributed by atoms with Crippen molar-refractivity contribution in [2.24, 2.45) is 23.7 Å². The Morgan fingerprint density at radius 2 is 0.756 bits per heavy atom. The summed E-state index contributed by atoms with van der Waals surface area (Å²) < 4.78 is 51.7. The lowest BCUT2D eigenvalue weighted by Gasteiger charge is -2.35. The second-order valence-electron chi connectivity index (χ2n) is 22.1. The Morgan fingerprint density at radius 3 is 1.10 bits per heavy atom. The Balaban J connectivity index is 1.87. The summed E-state index contributed by atoms with van der Waals surface area (Å²) in [6.07, 6.45) is -7.85. The molecule has 1 fully saturated rings. The van der Waals surface area contributed by atoms with Crippen LogP contribution in [-0.4, -0.2) is 149 Å². The maximum absolute atomic E-state index is 14.9. The third-order valence-electron chi connectivity index (χ3n) is 13.7. The van der Waals surface area contributed by atoms with Crippen molar-refractivity contribution in [3.05, 3.63) is 107 Å². The highest BCUT2D eigenvalue weighted by molar-refractivity contribution is 5.94. The Labute approximate surface area is 457 Å². The number of nitrogens with zero attached hydrogens (tertiary/aromatic N) is 4. The third-order valence-corrected chi connectivity index (χ3v) is 13.7. The Bertz CT molecular complexity index is 2540. The number of likely N-dealkylation sites (N-methyl/N-ethyl adjacent to an activating group) is 4.